The largest absolute Gasteiger partial charge is 0.465 e. The van der Waals surface area contributed by atoms with Gasteiger partial charge < -0.3 is 9.30 Å². The van der Waals surface area contributed by atoms with E-state index in [2.05, 4.69) is 4.98 Å². The maximum absolute atomic E-state index is 13.6. The molecule has 0 N–H and O–H groups in total. The number of halogens is 1. The molecule has 2 heterocycles. The van der Waals surface area contributed by atoms with E-state index in [0.717, 1.165) is 9.13 Å². The first-order valence-electron chi connectivity index (χ1n) is 8.10. The van der Waals surface area contributed by atoms with Crippen molar-refractivity contribution in [1.82, 2.24) is 18.7 Å². The molecule has 0 amide bonds. The van der Waals surface area contributed by atoms with Crippen LogP contribution in [-0.4, -0.2) is 31.3 Å². The summed E-state index contributed by atoms with van der Waals surface area (Å²) in [6.07, 6.45) is 1.29. The van der Waals surface area contributed by atoms with Gasteiger partial charge >= 0.3 is 11.7 Å². The van der Waals surface area contributed by atoms with E-state index in [1.54, 1.807) is 19.9 Å². The van der Waals surface area contributed by atoms with Gasteiger partial charge in [0, 0.05) is 6.54 Å². The summed E-state index contributed by atoms with van der Waals surface area (Å²) in [7, 11) is 0. The number of benzene rings is 1. The quantitative estimate of drug-likeness (QED) is 0.635. The van der Waals surface area contributed by atoms with E-state index in [1.165, 1.54) is 29.1 Å². The first kappa shape index (κ1) is 17.6. The van der Waals surface area contributed by atoms with E-state index < -0.39 is 23.0 Å². The average molecular weight is 360 g/mol. The van der Waals surface area contributed by atoms with Gasteiger partial charge in [0.25, 0.3) is 5.56 Å². The lowest BCUT2D eigenvalue weighted by Crippen LogP contribution is -2.39. The fraction of sp³-hybridized carbons (Fsp3) is 0.294. The first-order valence-corrected chi connectivity index (χ1v) is 8.10. The number of imidazole rings is 1. The van der Waals surface area contributed by atoms with Gasteiger partial charge in [-0.2, -0.15) is 0 Å². The molecule has 0 unspecified atom stereocenters. The number of rotatable bonds is 5. The highest BCUT2D eigenvalue weighted by molar-refractivity contribution is 5.76. The van der Waals surface area contributed by atoms with Crippen LogP contribution in [0.15, 0.2) is 40.2 Å². The zero-order chi connectivity index (χ0) is 18.8. The van der Waals surface area contributed by atoms with Crippen molar-refractivity contribution in [3.8, 4) is 5.69 Å². The molecule has 1 aromatic carbocycles. The molecule has 0 fully saturated rings. The smallest absolute Gasteiger partial charge is 0.337 e. The number of fused-ring (bicyclic) bond motifs is 1. The summed E-state index contributed by atoms with van der Waals surface area (Å²) >= 11 is 0. The summed E-state index contributed by atoms with van der Waals surface area (Å²) in [6.45, 7) is 3.43. The topological polar surface area (TPSA) is 88.1 Å². The second-order valence-electron chi connectivity index (χ2n) is 5.50. The summed E-state index contributed by atoms with van der Waals surface area (Å²) in [4.78, 5) is 41.4. The number of aromatic nitrogens is 4. The predicted molar refractivity (Wildman–Crippen MR) is 91.9 cm³/mol. The molecule has 0 spiro atoms. The lowest BCUT2D eigenvalue weighted by atomic mass is 10.3. The lowest BCUT2D eigenvalue weighted by Gasteiger charge is -2.11. The van der Waals surface area contributed by atoms with Crippen LogP contribution in [0.25, 0.3) is 16.9 Å². The Morgan fingerprint density at radius 2 is 2.04 bits per heavy atom. The van der Waals surface area contributed by atoms with E-state index in [1.807, 2.05) is 0 Å². The molecule has 3 aromatic rings. The molecule has 0 saturated heterocycles. The lowest BCUT2D eigenvalue weighted by molar-refractivity contribution is -0.143. The van der Waals surface area contributed by atoms with Gasteiger partial charge in [-0.3, -0.25) is 14.2 Å². The molecule has 0 aliphatic rings. The summed E-state index contributed by atoms with van der Waals surface area (Å²) in [5.41, 5.74) is -0.828. The molecule has 136 valence electrons. The number of ether oxygens (including phenoxy) is 1. The minimum atomic E-state index is -0.628. The van der Waals surface area contributed by atoms with Gasteiger partial charge in [0.15, 0.2) is 11.2 Å². The van der Waals surface area contributed by atoms with Crippen molar-refractivity contribution in [3.63, 3.8) is 0 Å². The summed E-state index contributed by atoms with van der Waals surface area (Å²) in [5.74, 6) is -1.06. The molecule has 0 bridgehead atoms. The Kier molecular flexibility index (Phi) is 4.70. The molecule has 9 heteroatoms. The van der Waals surface area contributed by atoms with Gasteiger partial charge in [-0.25, -0.2) is 18.7 Å². The van der Waals surface area contributed by atoms with Crippen molar-refractivity contribution in [3.05, 3.63) is 57.2 Å². The van der Waals surface area contributed by atoms with E-state index in [0.29, 0.717) is 0 Å². The minimum Gasteiger partial charge on any atom is -0.465 e. The Hall–Kier alpha value is -3.23. The molecule has 2 aromatic heterocycles. The van der Waals surface area contributed by atoms with Gasteiger partial charge in [0.1, 0.15) is 12.4 Å². The Bertz CT molecular complexity index is 1100. The number of carbonyl (C=O) groups excluding carboxylic acids is 1. The minimum absolute atomic E-state index is 0.0552. The Labute approximate surface area is 147 Å². The van der Waals surface area contributed by atoms with Crippen molar-refractivity contribution in [2.75, 3.05) is 6.61 Å². The SMILES string of the molecule is CCOC(=O)Cn1cnc2c1c(=O)n(CC)c(=O)n2-c1cccc(F)c1. The van der Waals surface area contributed by atoms with Gasteiger partial charge in [-0.1, -0.05) is 6.07 Å². The fourth-order valence-electron chi connectivity index (χ4n) is 2.77. The van der Waals surface area contributed by atoms with Crippen molar-refractivity contribution in [1.29, 1.82) is 0 Å². The Balaban J connectivity index is 2.32. The number of carbonyl (C=O) groups is 1. The normalized spacial score (nSPS) is 11.0. The van der Waals surface area contributed by atoms with Crippen molar-refractivity contribution in [2.24, 2.45) is 0 Å². The van der Waals surface area contributed by atoms with Gasteiger partial charge in [-0.15, -0.1) is 0 Å². The highest BCUT2D eigenvalue weighted by Crippen LogP contribution is 2.14. The molecular formula is C17H17FN4O4. The van der Waals surface area contributed by atoms with Crippen molar-refractivity contribution in [2.45, 2.75) is 26.9 Å². The van der Waals surface area contributed by atoms with E-state index >= 15 is 0 Å². The van der Waals surface area contributed by atoms with E-state index in [-0.39, 0.29) is 36.5 Å². The van der Waals surface area contributed by atoms with Gasteiger partial charge in [0.05, 0.1) is 18.6 Å². The first-order chi connectivity index (χ1) is 12.5. The predicted octanol–water partition coefficient (Wildman–Crippen LogP) is 1.07. The fourth-order valence-corrected chi connectivity index (χ4v) is 2.77. The zero-order valence-electron chi connectivity index (χ0n) is 14.3. The maximum Gasteiger partial charge on any atom is 0.337 e. The molecule has 0 atom stereocenters. The highest BCUT2D eigenvalue weighted by Gasteiger charge is 2.20. The van der Waals surface area contributed by atoms with Crippen molar-refractivity contribution < 1.29 is 13.9 Å². The van der Waals surface area contributed by atoms with E-state index in [9.17, 15) is 18.8 Å². The summed E-state index contributed by atoms with van der Waals surface area (Å²) in [5, 5.41) is 0. The molecule has 0 radical (unpaired) electrons. The van der Waals surface area contributed by atoms with Crippen LogP contribution in [0.1, 0.15) is 13.8 Å². The van der Waals surface area contributed by atoms with Crippen molar-refractivity contribution >= 4 is 17.1 Å². The maximum atomic E-state index is 13.6. The summed E-state index contributed by atoms with van der Waals surface area (Å²) in [6, 6.07) is 5.43. The molecule has 0 aliphatic heterocycles. The van der Waals surface area contributed by atoms with Crippen LogP contribution >= 0.6 is 0 Å². The monoisotopic (exact) mass is 360 g/mol. The van der Waals surface area contributed by atoms with E-state index in [4.69, 9.17) is 4.74 Å². The van der Waals surface area contributed by atoms with Crippen LogP contribution in [0.5, 0.6) is 0 Å². The third-order valence-corrected chi connectivity index (χ3v) is 3.89. The molecule has 26 heavy (non-hydrogen) atoms. The third-order valence-electron chi connectivity index (χ3n) is 3.89. The molecular weight excluding hydrogens is 343 g/mol. The number of hydrogen-bond donors (Lipinski definition) is 0. The van der Waals surface area contributed by atoms with Crippen LogP contribution in [0, 0.1) is 5.82 Å². The van der Waals surface area contributed by atoms with Gasteiger partial charge in [-0.05, 0) is 32.0 Å². The molecule has 0 saturated carbocycles. The number of esters is 1. The number of nitrogens with zero attached hydrogens (tertiary/aromatic N) is 4. The molecule has 3 rings (SSSR count). The van der Waals surface area contributed by atoms with Crippen LogP contribution < -0.4 is 11.2 Å². The second-order valence-corrected chi connectivity index (χ2v) is 5.50. The van der Waals surface area contributed by atoms with Crippen LogP contribution in [0.4, 0.5) is 4.39 Å². The molecule has 0 aliphatic carbocycles. The Morgan fingerprint density at radius 3 is 2.69 bits per heavy atom. The van der Waals surface area contributed by atoms with Crippen LogP contribution in [0.3, 0.4) is 0 Å². The average Bonchev–Trinajstić information content (AvgIpc) is 2.99. The van der Waals surface area contributed by atoms with Crippen LogP contribution in [0.2, 0.25) is 0 Å². The standard InChI is InChI=1S/C17H17FN4O4/c1-3-21-16(24)14-15(19-10-20(14)9-13(23)26-4-2)22(17(21)25)12-7-5-6-11(18)8-12/h5-8,10H,3-4,9H2,1-2H3. The summed E-state index contributed by atoms with van der Waals surface area (Å²) < 4.78 is 22.0. The number of hydrogen-bond acceptors (Lipinski definition) is 5. The zero-order valence-corrected chi connectivity index (χ0v) is 14.3. The third kappa shape index (κ3) is 2.92. The van der Waals surface area contributed by atoms with Gasteiger partial charge in [0.2, 0.25) is 0 Å². The Morgan fingerprint density at radius 1 is 1.27 bits per heavy atom. The van der Waals surface area contributed by atoms with Crippen LogP contribution in [-0.2, 0) is 22.6 Å². The highest BCUT2D eigenvalue weighted by atomic mass is 19.1. The molecule has 8 nitrogen and oxygen atoms in total. The second kappa shape index (κ2) is 6.95.